The molecule has 168 valence electrons. The van der Waals surface area contributed by atoms with Crippen molar-refractivity contribution < 1.29 is 17.6 Å². The highest BCUT2D eigenvalue weighted by Gasteiger charge is 2.35. The number of hydrogen-bond acceptors (Lipinski definition) is 4. The average Bonchev–Trinajstić information content (AvgIpc) is 3.29. The van der Waals surface area contributed by atoms with Crippen LogP contribution in [-0.4, -0.2) is 36.5 Å². The number of fused-ring (bicyclic) bond motifs is 1. The van der Waals surface area contributed by atoms with E-state index in [0.717, 1.165) is 23.2 Å². The second-order valence-electron chi connectivity index (χ2n) is 8.04. The van der Waals surface area contributed by atoms with Crippen LogP contribution in [0.2, 0.25) is 0 Å². The lowest BCUT2D eigenvalue weighted by molar-refractivity contribution is 0.241. The zero-order chi connectivity index (χ0) is 23.0. The van der Waals surface area contributed by atoms with Gasteiger partial charge >= 0.3 is 6.03 Å². The highest BCUT2D eigenvalue weighted by molar-refractivity contribution is 7.90. The molecule has 1 N–H and O–H groups in total. The van der Waals surface area contributed by atoms with Crippen molar-refractivity contribution >= 4 is 21.6 Å². The largest absolute Gasteiger partial charge is 0.331 e. The highest BCUT2D eigenvalue weighted by atomic mass is 32.2. The molecule has 0 spiro atoms. The van der Waals surface area contributed by atoms with Crippen LogP contribution in [0.5, 0.6) is 0 Å². The second kappa shape index (κ2) is 8.38. The Kier molecular flexibility index (Phi) is 5.77. The van der Waals surface area contributed by atoms with Crippen LogP contribution in [0.15, 0.2) is 59.6 Å². The molecule has 4 rings (SSSR count). The number of amides is 2. The van der Waals surface area contributed by atoms with Crippen molar-refractivity contribution in [3.8, 4) is 5.69 Å². The summed E-state index contributed by atoms with van der Waals surface area (Å²) in [5.74, 6) is -0.322. The molecule has 1 unspecified atom stereocenters. The van der Waals surface area contributed by atoms with E-state index in [1.165, 1.54) is 12.1 Å². The van der Waals surface area contributed by atoms with Gasteiger partial charge in [0.15, 0.2) is 9.84 Å². The SMILES string of the molecule is CC[C@H](NC(=O)N1c2cnn(-c3ccc(F)cc3)c2CC1C)c1cccc(S(C)(=O)=O)c1. The van der Waals surface area contributed by atoms with Crippen LogP contribution in [0.4, 0.5) is 14.9 Å². The van der Waals surface area contributed by atoms with Gasteiger partial charge in [-0.3, -0.25) is 4.90 Å². The number of nitrogens with zero attached hydrogens (tertiary/aromatic N) is 3. The number of hydrogen-bond donors (Lipinski definition) is 1. The molecular weight excluding hydrogens is 431 g/mol. The predicted molar refractivity (Wildman–Crippen MR) is 120 cm³/mol. The van der Waals surface area contributed by atoms with E-state index in [-0.39, 0.29) is 28.8 Å². The Morgan fingerprint density at radius 1 is 1.25 bits per heavy atom. The Morgan fingerprint density at radius 2 is 1.97 bits per heavy atom. The van der Waals surface area contributed by atoms with Crippen LogP contribution in [0.1, 0.15) is 37.6 Å². The van der Waals surface area contributed by atoms with E-state index in [4.69, 9.17) is 0 Å². The molecule has 0 saturated carbocycles. The first-order valence-corrected chi connectivity index (χ1v) is 12.3. The zero-order valence-electron chi connectivity index (χ0n) is 18.1. The van der Waals surface area contributed by atoms with E-state index in [1.54, 1.807) is 46.1 Å². The van der Waals surface area contributed by atoms with Crippen LogP contribution in [0.3, 0.4) is 0 Å². The molecule has 2 heterocycles. The normalized spacial score (nSPS) is 16.6. The van der Waals surface area contributed by atoms with Crippen LogP contribution >= 0.6 is 0 Å². The fraction of sp³-hybridized carbons (Fsp3) is 0.304. The molecule has 9 heteroatoms. The molecule has 1 aromatic heterocycles. The van der Waals surface area contributed by atoms with Gasteiger partial charge in [-0.15, -0.1) is 0 Å². The molecule has 0 fully saturated rings. The molecular formula is C23H25FN4O3S. The third kappa shape index (κ3) is 4.12. The number of carbonyl (C=O) groups is 1. The standard InChI is InChI=1S/C23H25FN4O3S/c1-4-20(16-6-5-7-19(13-16)32(3,30)31)26-23(29)27-15(2)12-21-22(27)14-25-28(21)18-10-8-17(24)9-11-18/h5-11,13-15,20H,4,12H2,1-3H3,(H,26,29)/t15?,20-/m0/s1. The van der Waals surface area contributed by atoms with Crippen molar-refractivity contribution in [3.05, 3.63) is 71.8 Å². The van der Waals surface area contributed by atoms with Crippen LogP contribution < -0.4 is 10.2 Å². The van der Waals surface area contributed by atoms with Gasteiger partial charge in [0.1, 0.15) is 5.82 Å². The van der Waals surface area contributed by atoms with Crippen molar-refractivity contribution in [2.45, 2.75) is 43.7 Å². The first-order valence-electron chi connectivity index (χ1n) is 10.4. The van der Waals surface area contributed by atoms with Gasteiger partial charge < -0.3 is 5.32 Å². The van der Waals surface area contributed by atoms with Crippen LogP contribution in [0, 0.1) is 5.82 Å². The molecule has 7 nitrogen and oxygen atoms in total. The summed E-state index contributed by atoms with van der Waals surface area (Å²) in [6.07, 6.45) is 4.02. The molecule has 2 aromatic carbocycles. The van der Waals surface area contributed by atoms with Gasteiger partial charge in [-0.25, -0.2) is 22.3 Å². The van der Waals surface area contributed by atoms with Gasteiger partial charge in [-0.1, -0.05) is 19.1 Å². The lowest BCUT2D eigenvalue weighted by atomic mass is 10.0. The summed E-state index contributed by atoms with van der Waals surface area (Å²) in [5, 5.41) is 7.44. The molecule has 0 bridgehead atoms. The number of aromatic nitrogens is 2. The number of benzene rings is 2. The summed E-state index contributed by atoms with van der Waals surface area (Å²) >= 11 is 0. The Bertz CT molecular complexity index is 1250. The van der Waals surface area contributed by atoms with Crippen molar-refractivity contribution in [1.82, 2.24) is 15.1 Å². The summed E-state index contributed by atoms with van der Waals surface area (Å²) in [4.78, 5) is 15.1. The summed E-state index contributed by atoms with van der Waals surface area (Å²) in [6, 6.07) is 12.0. The monoisotopic (exact) mass is 456 g/mol. The highest BCUT2D eigenvalue weighted by Crippen LogP contribution is 2.34. The van der Waals surface area contributed by atoms with Gasteiger partial charge in [0.2, 0.25) is 0 Å². The third-order valence-electron chi connectivity index (χ3n) is 5.72. The molecule has 2 amide bonds. The topological polar surface area (TPSA) is 84.3 Å². The minimum Gasteiger partial charge on any atom is -0.331 e. The molecule has 2 atom stereocenters. The number of nitrogens with one attached hydrogen (secondary N) is 1. The molecule has 0 saturated heterocycles. The van der Waals surface area contributed by atoms with Crippen LogP contribution in [-0.2, 0) is 16.3 Å². The Labute approximate surface area is 186 Å². The molecule has 32 heavy (non-hydrogen) atoms. The van der Waals surface area contributed by atoms with E-state index in [9.17, 15) is 17.6 Å². The lowest BCUT2D eigenvalue weighted by Crippen LogP contribution is -2.44. The predicted octanol–water partition coefficient (Wildman–Crippen LogP) is 4.03. The first-order chi connectivity index (χ1) is 15.2. The van der Waals surface area contributed by atoms with E-state index in [2.05, 4.69) is 10.4 Å². The van der Waals surface area contributed by atoms with E-state index >= 15 is 0 Å². The molecule has 1 aliphatic rings. The van der Waals surface area contributed by atoms with Crippen molar-refractivity contribution in [2.75, 3.05) is 11.2 Å². The van der Waals surface area contributed by atoms with Crippen LogP contribution in [0.25, 0.3) is 5.69 Å². The number of rotatable bonds is 5. The second-order valence-corrected chi connectivity index (χ2v) is 10.1. The molecule has 0 radical (unpaired) electrons. The minimum absolute atomic E-state index is 0.0884. The smallest absolute Gasteiger partial charge is 0.322 e. The van der Waals surface area contributed by atoms with Crippen molar-refractivity contribution in [3.63, 3.8) is 0 Å². The third-order valence-corrected chi connectivity index (χ3v) is 6.83. The van der Waals surface area contributed by atoms with Crippen molar-refractivity contribution in [2.24, 2.45) is 0 Å². The average molecular weight is 457 g/mol. The van der Waals surface area contributed by atoms with Gasteiger partial charge in [0.25, 0.3) is 0 Å². The fourth-order valence-corrected chi connectivity index (χ4v) is 4.76. The van der Waals surface area contributed by atoms with E-state index in [1.807, 2.05) is 19.9 Å². The van der Waals surface area contributed by atoms with Gasteiger partial charge in [-0.05, 0) is 55.3 Å². The number of sulfone groups is 1. The molecule has 0 aliphatic carbocycles. The maximum atomic E-state index is 13.3. The summed E-state index contributed by atoms with van der Waals surface area (Å²) in [5.41, 5.74) is 3.05. The van der Waals surface area contributed by atoms with E-state index < -0.39 is 9.84 Å². The summed E-state index contributed by atoms with van der Waals surface area (Å²) in [7, 11) is -3.34. The fourth-order valence-electron chi connectivity index (χ4n) is 4.08. The maximum Gasteiger partial charge on any atom is 0.322 e. The maximum absolute atomic E-state index is 13.3. The first kappa shape index (κ1) is 22.0. The van der Waals surface area contributed by atoms with Gasteiger partial charge in [0.05, 0.1) is 34.2 Å². The number of anilines is 1. The Hall–Kier alpha value is -3.20. The number of halogens is 1. The van der Waals surface area contributed by atoms with Gasteiger partial charge in [-0.2, -0.15) is 5.10 Å². The molecule has 1 aliphatic heterocycles. The van der Waals surface area contributed by atoms with E-state index in [0.29, 0.717) is 18.5 Å². The zero-order valence-corrected chi connectivity index (χ0v) is 18.9. The summed E-state index contributed by atoms with van der Waals surface area (Å²) < 4.78 is 38.9. The Balaban J connectivity index is 1.59. The summed E-state index contributed by atoms with van der Waals surface area (Å²) in [6.45, 7) is 3.89. The van der Waals surface area contributed by atoms with Gasteiger partial charge in [0, 0.05) is 18.7 Å². The molecule has 3 aromatic rings. The number of carbonyl (C=O) groups excluding carboxylic acids is 1. The van der Waals surface area contributed by atoms with Crippen molar-refractivity contribution in [1.29, 1.82) is 0 Å². The Morgan fingerprint density at radius 3 is 2.62 bits per heavy atom. The number of urea groups is 1. The lowest BCUT2D eigenvalue weighted by Gasteiger charge is -2.26. The minimum atomic E-state index is -3.34. The quantitative estimate of drug-likeness (QED) is 0.628.